The van der Waals surface area contributed by atoms with Crippen LogP contribution in [0, 0.1) is 16.7 Å². The number of hydrogen-bond donors (Lipinski definition) is 0. The van der Waals surface area contributed by atoms with Crippen molar-refractivity contribution >= 4 is 17.5 Å². The van der Waals surface area contributed by atoms with E-state index >= 15 is 0 Å². The number of hydrogen-bond acceptors (Lipinski definition) is 3. The van der Waals surface area contributed by atoms with Crippen molar-refractivity contribution < 1.29 is 4.79 Å². The highest BCUT2D eigenvalue weighted by Crippen LogP contribution is 2.39. The van der Waals surface area contributed by atoms with Gasteiger partial charge in [-0.1, -0.05) is 42.6 Å². The first-order valence-corrected chi connectivity index (χ1v) is 9.14. The summed E-state index contributed by atoms with van der Waals surface area (Å²) in [5.74, 6) is 0.0487. The van der Waals surface area contributed by atoms with Crippen LogP contribution in [0.5, 0.6) is 0 Å². The molecule has 1 unspecified atom stereocenters. The maximum atomic E-state index is 12.8. The molecule has 3 rings (SSSR count). The number of benzene rings is 1. The second-order valence-corrected chi connectivity index (χ2v) is 7.33. The minimum absolute atomic E-state index is 0.0487. The van der Waals surface area contributed by atoms with Gasteiger partial charge in [-0.15, -0.1) is 0 Å². The average Bonchev–Trinajstić information content (AvgIpc) is 3.11. The van der Waals surface area contributed by atoms with Gasteiger partial charge in [0.15, 0.2) is 0 Å². The maximum Gasteiger partial charge on any atom is 0.243 e. The van der Waals surface area contributed by atoms with Gasteiger partial charge < -0.3 is 4.90 Å². The Morgan fingerprint density at radius 1 is 1.21 bits per heavy atom. The van der Waals surface area contributed by atoms with E-state index in [-0.39, 0.29) is 11.9 Å². The average molecular weight is 346 g/mol. The first-order chi connectivity index (χ1) is 11.6. The smallest absolute Gasteiger partial charge is 0.243 e. The van der Waals surface area contributed by atoms with Crippen molar-refractivity contribution in [1.29, 1.82) is 5.26 Å². The van der Waals surface area contributed by atoms with Crippen LogP contribution in [0.1, 0.15) is 44.2 Å². The first-order valence-electron chi connectivity index (χ1n) is 8.76. The van der Waals surface area contributed by atoms with Crippen molar-refractivity contribution in [3.63, 3.8) is 0 Å². The molecule has 1 saturated heterocycles. The van der Waals surface area contributed by atoms with Gasteiger partial charge in [0.25, 0.3) is 0 Å². The standard InChI is InChI=1S/C19H24ClN3O/c1-15(16-6-2-3-7-17(16)20)22-10-12-23(13-11-22)18(24)19(14-21)8-4-5-9-19/h2-3,6-7,15H,4-5,8-13H2,1H3. The zero-order valence-corrected chi connectivity index (χ0v) is 14.9. The first kappa shape index (κ1) is 17.3. The summed E-state index contributed by atoms with van der Waals surface area (Å²) in [5.41, 5.74) is 0.375. The SMILES string of the molecule is CC(c1ccccc1Cl)N1CCN(C(=O)C2(C#N)CCCC2)CC1. The number of piperazine rings is 1. The molecule has 2 fully saturated rings. The maximum absolute atomic E-state index is 12.8. The van der Waals surface area contributed by atoms with Gasteiger partial charge in [0.1, 0.15) is 5.41 Å². The summed E-state index contributed by atoms with van der Waals surface area (Å²) >= 11 is 6.31. The Balaban J connectivity index is 1.63. The lowest BCUT2D eigenvalue weighted by Gasteiger charge is -2.40. The molecule has 1 amide bonds. The van der Waals surface area contributed by atoms with Crippen LogP contribution in [-0.4, -0.2) is 41.9 Å². The van der Waals surface area contributed by atoms with Crippen molar-refractivity contribution in [2.75, 3.05) is 26.2 Å². The Labute approximate surface area is 149 Å². The zero-order valence-electron chi connectivity index (χ0n) is 14.2. The normalized spacial score (nSPS) is 22.1. The van der Waals surface area contributed by atoms with Crippen LogP contribution in [0.4, 0.5) is 0 Å². The number of nitriles is 1. The molecule has 1 aromatic rings. The monoisotopic (exact) mass is 345 g/mol. The fraction of sp³-hybridized carbons (Fsp3) is 0.579. The van der Waals surface area contributed by atoms with Crippen LogP contribution in [-0.2, 0) is 4.79 Å². The van der Waals surface area contributed by atoms with E-state index in [2.05, 4.69) is 24.0 Å². The summed E-state index contributed by atoms with van der Waals surface area (Å²) in [6.07, 6.45) is 3.42. The van der Waals surface area contributed by atoms with Gasteiger partial charge in [0, 0.05) is 37.2 Å². The molecule has 4 nitrogen and oxygen atoms in total. The van der Waals surface area contributed by atoms with Crippen LogP contribution in [0.2, 0.25) is 5.02 Å². The number of carbonyl (C=O) groups excluding carboxylic acids is 1. The van der Waals surface area contributed by atoms with Gasteiger partial charge in [-0.3, -0.25) is 9.69 Å². The Hall–Kier alpha value is -1.57. The van der Waals surface area contributed by atoms with Gasteiger partial charge in [-0.25, -0.2) is 0 Å². The largest absolute Gasteiger partial charge is 0.339 e. The summed E-state index contributed by atoms with van der Waals surface area (Å²) in [6, 6.07) is 10.5. The predicted molar refractivity (Wildman–Crippen MR) is 94.5 cm³/mol. The van der Waals surface area contributed by atoms with Crippen LogP contribution in [0.3, 0.4) is 0 Å². The third kappa shape index (κ3) is 3.16. The van der Waals surface area contributed by atoms with Gasteiger partial charge in [-0.05, 0) is 31.4 Å². The van der Waals surface area contributed by atoms with Gasteiger partial charge in [-0.2, -0.15) is 5.26 Å². The number of rotatable bonds is 3. The van der Waals surface area contributed by atoms with Crippen molar-refractivity contribution in [3.05, 3.63) is 34.9 Å². The number of nitrogens with zero attached hydrogens (tertiary/aromatic N) is 3. The molecule has 1 aliphatic carbocycles. The Kier molecular flexibility index (Phi) is 5.12. The molecular weight excluding hydrogens is 322 g/mol. The lowest BCUT2D eigenvalue weighted by atomic mass is 9.86. The van der Waals surface area contributed by atoms with Crippen molar-refractivity contribution in [2.24, 2.45) is 5.41 Å². The lowest BCUT2D eigenvalue weighted by Crippen LogP contribution is -2.52. The van der Waals surface area contributed by atoms with E-state index in [4.69, 9.17) is 11.6 Å². The second kappa shape index (κ2) is 7.13. The van der Waals surface area contributed by atoms with Gasteiger partial charge >= 0.3 is 0 Å². The minimum Gasteiger partial charge on any atom is -0.339 e. The summed E-state index contributed by atoms with van der Waals surface area (Å²) in [7, 11) is 0. The van der Waals surface area contributed by atoms with Crippen LogP contribution < -0.4 is 0 Å². The summed E-state index contributed by atoms with van der Waals surface area (Å²) in [6.45, 7) is 5.18. The molecule has 0 N–H and O–H groups in total. The van der Waals surface area contributed by atoms with E-state index in [0.29, 0.717) is 13.1 Å². The molecule has 24 heavy (non-hydrogen) atoms. The summed E-state index contributed by atoms with van der Waals surface area (Å²) in [5, 5.41) is 10.3. The molecule has 1 saturated carbocycles. The van der Waals surface area contributed by atoms with Crippen LogP contribution in [0.15, 0.2) is 24.3 Å². The number of halogens is 1. The molecule has 1 heterocycles. The molecule has 1 atom stereocenters. The Bertz CT molecular complexity index is 640. The third-order valence-electron chi connectivity index (χ3n) is 5.59. The molecule has 2 aliphatic rings. The van der Waals surface area contributed by atoms with Gasteiger partial charge in [0.2, 0.25) is 5.91 Å². The Morgan fingerprint density at radius 2 is 1.83 bits per heavy atom. The van der Waals surface area contributed by atoms with Crippen molar-refractivity contribution in [2.45, 2.75) is 38.6 Å². The fourth-order valence-corrected chi connectivity index (χ4v) is 4.27. The molecule has 0 radical (unpaired) electrons. The highest BCUT2D eigenvalue weighted by atomic mass is 35.5. The summed E-state index contributed by atoms with van der Waals surface area (Å²) in [4.78, 5) is 17.1. The van der Waals surface area contributed by atoms with Crippen molar-refractivity contribution in [3.8, 4) is 6.07 Å². The Morgan fingerprint density at radius 3 is 2.42 bits per heavy atom. The molecule has 1 aromatic carbocycles. The third-order valence-corrected chi connectivity index (χ3v) is 5.93. The lowest BCUT2D eigenvalue weighted by molar-refractivity contribution is -0.141. The number of amides is 1. The van der Waals surface area contributed by atoms with E-state index in [1.54, 1.807) is 0 Å². The highest BCUT2D eigenvalue weighted by molar-refractivity contribution is 6.31. The number of carbonyl (C=O) groups is 1. The van der Waals surface area contributed by atoms with E-state index in [1.165, 1.54) is 0 Å². The van der Waals surface area contributed by atoms with Crippen LogP contribution >= 0.6 is 11.6 Å². The van der Waals surface area contributed by atoms with E-state index in [9.17, 15) is 10.1 Å². The molecule has 5 heteroatoms. The molecule has 0 spiro atoms. The quantitative estimate of drug-likeness (QED) is 0.840. The van der Waals surface area contributed by atoms with Gasteiger partial charge in [0.05, 0.1) is 6.07 Å². The fourth-order valence-electron chi connectivity index (χ4n) is 3.98. The van der Waals surface area contributed by atoms with E-state index in [1.807, 2.05) is 23.1 Å². The second-order valence-electron chi connectivity index (χ2n) is 6.93. The summed E-state index contributed by atoms with van der Waals surface area (Å²) < 4.78 is 0. The topological polar surface area (TPSA) is 47.3 Å². The zero-order chi connectivity index (χ0) is 17.2. The van der Waals surface area contributed by atoms with Crippen LogP contribution in [0.25, 0.3) is 0 Å². The highest BCUT2D eigenvalue weighted by Gasteiger charge is 2.44. The predicted octanol–water partition coefficient (Wildman–Crippen LogP) is 3.63. The van der Waals surface area contributed by atoms with Crippen molar-refractivity contribution in [1.82, 2.24) is 9.80 Å². The molecular formula is C19H24ClN3O. The van der Waals surface area contributed by atoms with E-state index < -0.39 is 5.41 Å². The molecule has 0 bridgehead atoms. The molecule has 128 valence electrons. The minimum atomic E-state index is -0.753. The molecule has 1 aliphatic heterocycles. The molecule has 0 aromatic heterocycles. The van der Waals surface area contributed by atoms with E-state index in [0.717, 1.165) is 49.4 Å².